The molecule has 1 N–H and O–H groups in total. The van der Waals surface area contributed by atoms with Crippen molar-refractivity contribution in [1.29, 1.82) is 0 Å². The number of pyridine rings is 1. The number of rotatable bonds is 5. The van der Waals surface area contributed by atoms with E-state index in [1.54, 1.807) is 13.3 Å². The molecule has 1 heterocycles. The van der Waals surface area contributed by atoms with Crippen LogP contribution < -0.4 is 9.64 Å². The van der Waals surface area contributed by atoms with Crippen LogP contribution in [0.4, 0.5) is 5.82 Å². The molecule has 1 aromatic rings. The topological polar surface area (TPSA) is 45.6 Å². The van der Waals surface area contributed by atoms with E-state index in [4.69, 9.17) is 4.74 Å². The van der Waals surface area contributed by atoms with Crippen molar-refractivity contribution in [2.24, 2.45) is 0 Å². The zero-order valence-corrected chi connectivity index (χ0v) is 11.0. The van der Waals surface area contributed by atoms with Crippen LogP contribution in [0.25, 0.3) is 0 Å². The molecule has 1 aromatic heterocycles. The maximum Gasteiger partial charge on any atom is 0.137 e. The van der Waals surface area contributed by atoms with E-state index in [-0.39, 0.29) is 6.61 Å². The number of nitrogens with zero attached hydrogens (tertiary/aromatic N) is 2. The van der Waals surface area contributed by atoms with Crippen molar-refractivity contribution in [3.05, 3.63) is 18.3 Å². The second-order valence-electron chi connectivity index (χ2n) is 4.77. The molecule has 0 aromatic carbocycles. The summed E-state index contributed by atoms with van der Waals surface area (Å²) in [5.41, 5.74) is 0. The fourth-order valence-corrected chi connectivity index (χ4v) is 2.65. The fourth-order valence-electron chi connectivity index (χ4n) is 2.65. The summed E-state index contributed by atoms with van der Waals surface area (Å²) in [4.78, 5) is 6.67. The normalized spacial score (nSPS) is 16.6. The van der Waals surface area contributed by atoms with Gasteiger partial charge >= 0.3 is 0 Å². The van der Waals surface area contributed by atoms with Gasteiger partial charge in [-0.2, -0.15) is 0 Å². The SMILES string of the molecule is COc1ccc(N(CCO)C2CCCCC2)nc1. The van der Waals surface area contributed by atoms with Crippen molar-refractivity contribution < 1.29 is 9.84 Å². The largest absolute Gasteiger partial charge is 0.495 e. The number of hydrogen-bond acceptors (Lipinski definition) is 4. The first-order valence-corrected chi connectivity index (χ1v) is 6.72. The Bertz CT molecular complexity index is 347. The number of aromatic nitrogens is 1. The minimum absolute atomic E-state index is 0.171. The zero-order chi connectivity index (χ0) is 12.8. The van der Waals surface area contributed by atoms with E-state index >= 15 is 0 Å². The second kappa shape index (κ2) is 6.59. The molecule has 18 heavy (non-hydrogen) atoms. The highest BCUT2D eigenvalue weighted by atomic mass is 16.5. The lowest BCUT2D eigenvalue weighted by Crippen LogP contribution is -2.39. The molecule has 4 nitrogen and oxygen atoms in total. The number of hydrogen-bond donors (Lipinski definition) is 1. The average Bonchev–Trinajstić information content (AvgIpc) is 2.46. The number of anilines is 1. The Morgan fingerprint density at radius 1 is 1.33 bits per heavy atom. The molecule has 0 radical (unpaired) electrons. The summed E-state index contributed by atoms with van der Waals surface area (Å²) in [6.45, 7) is 0.828. The first-order chi connectivity index (χ1) is 8.85. The molecular formula is C14H22N2O2. The van der Waals surface area contributed by atoms with Crippen molar-refractivity contribution in [3.8, 4) is 5.75 Å². The van der Waals surface area contributed by atoms with Gasteiger partial charge in [-0.05, 0) is 25.0 Å². The Balaban J connectivity index is 2.11. The summed E-state index contributed by atoms with van der Waals surface area (Å²) >= 11 is 0. The van der Waals surface area contributed by atoms with Crippen LogP contribution in [0.3, 0.4) is 0 Å². The molecule has 0 aliphatic heterocycles. The van der Waals surface area contributed by atoms with Crippen molar-refractivity contribution in [2.45, 2.75) is 38.1 Å². The summed E-state index contributed by atoms with van der Waals surface area (Å²) in [5.74, 6) is 1.71. The molecule has 0 spiro atoms. The molecule has 1 aliphatic carbocycles. The third-order valence-electron chi connectivity index (χ3n) is 3.61. The lowest BCUT2D eigenvalue weighted by Gasteiger charge is -2.34. The summed E-state index contributed by atoms with van der Waals surface area (Å²) in [6, 6.07) is 4.42. The Morgan fingerprint density at radius 2 is 2.11 bits per heavy atom. The van der Waals surface area contributed by atoms with Crippen LogP contribution in [0.2, 0.25) is 0 Å². The summed E-state index contributed by atoms with van der Waals surface area (Å²) in [7, 11) is 1.64. The molecule has 4 heteroatoms. The molecular weight excluding hydrogens is 228 g/mol. The van der Waals surface area contributed by atoms with Gasteiger partial charge in [0.15, 0.2) is 0 Å². The number of methoxy groups -OCH3 is 1. The van der Waals surface area contributed by atoms with Gasteiger partial charge in [-0.25, -0.2) is 4.98 Å². The molecule has 1 aliphatic rings. The van der Waals surface area contributed by atoms with Gasteiger partial charge in [0.05, 0.1) is 19.9 Å². The van der Waals surface area contributed by atoms with Crippen molar-refractivity contribution in [2.75, 3.05) is 25.2 Å². The molecule has 0 unspecified atom stereocenters. The van der Waals surface area contributed by atoms with Crippen LogP contribution in [0.5, 0.6) is 5.75 Å². The third kappa shape index (κ3) is 3.13. The highest BCUT2D eigenvalue weighted by Gasteiger charge is 2.21. The molecule has 2 rings (SSSR count). The minimum Gasteiger partial charge on any atom is -0.495 e. The van der Waals surface area contributed by atoms with Crippen LogP contribution in [0, 0.1) is 0 Å². The highest BCUT2D eigenvalue weighted by Crippen LogP contribution is 2.26. The van der Waals surface area contributed by atoms with Crippen molar-refractivity contribution >= 4 is 5.82 Å². The number of aliphatic hydroxyl groups is 1. The lowest BCUT2D eigenvalue weighted by molar-refractivity contribution is 0.289. The Labute approximate surface area is 109 Å². The first kappa shape index (κ1) is 13.1. The number of aliphatic hydroxyl groups excluding tert-OH is 1. The maximum atomic E-state index is 9.24. The highest BCUT2D eigenvalue weighted by molar-refractivity contribution is 5.42. The van der Waals surface area contributed by atoms with Gasteiger partial charge in [-0.3, -0.25) is 0 Å². The van der Waals surface area contributed by atoms with Crippen LogP contribution in [0.15, 0.2) is 18.3 Å². The van der Waals surface area contributed by atoms with Crippen molar-refractivity contribution in [1.82, 2.24) is 4.98 Å². The van der Waals surface area contributed by atoms with Crippen LogP contribution in [0.1, 0.15) is 32.1 Å². The van der Waals surface area contributed by atoms with E-state index < -0.39 is 0 Å². The Hall–Kier alpha value is -1.29. The fraction of sp³-hybridized carbons (Fsp3) is 0.643. The molecule has 1 fully saturated rings. The predicted molar refractivity (Wildman–Crippen MR) is 72.1 cm³/mol. The van der Waals surface area contributed by atoms with E-state index in [0.29, 0.717) is 12.6 Å². The standard InChI is InChI=1S/C14H22N2O2/c1-18-13-7-8-14(15-11-13)16(9-10-17)12-5-3-2-4-6-12/h7-8,11-12,17H,2-6,9-10H2,1H3. The molecule has 0 atom stereocenters. The molecule has 1 saturated carbocycles. The van der Waals surface area contributed by atoms with E-state index in [9.17, 15) is 5.11 Å². The van der Waals surface area contributed by atoms with Gasteiger partial charge in [0, 0.05) is 12.6 Å². The van der Waals surface area contributed by atoms with E-state index in [1.165, 1.54) is 32.1 Å². The monoisotopic (exact) mass is 250 g/mol. The van der Waals surface area contributed by atoms with Gasteiger partial charge in [0.1, 0.15) is 11.6 Å². The smallest absolute Gasteiger partial charge is 0.137 e. The Morgan fingerprint density at radius 3 is 2.67 bits per heavy atom. The van der Waals surface area contributed by atoms with Crippen LogP contribution in [-0.4, -0.2) is 36.4 Å². The van der Waals surface area contributed by atoms with Crippen molar-refractivity contribution in [3.63, 3.8) is 0 Å². The molecule has 0 amide bonds. The van der Waals surface area contributed by atoms with Gasteiger partial charge in [-0.15, -0.1) is 0 Å². The Kier molecular flexibility index (Phi) is 4.81. The summed E-state index contributed by atoms with van der Waals surface area (Å²) in [5, 5.41) is 9.24. The zero-order valence-electron chi connectivity index (χ0n) is 11.0. The first-order valence-electron chi connectivity index (χ1n) is 6.72. The average molecular weight is 250 g/mol. The second-order valence-corrected chi connectivity index (χ2v) is 4.77. The summed E-state index contributed by atoms with van der Waals surface area (Å²) in [6.07, 6.45) is 8.04. The minimum atomic E-state index is 0.171. The van der Waals surface area contributed by atoms with Crippen LogP contribution >= 0.6 is 0 Å². The van der Waals surface area contributed by atoms with E-state index in [0.717, 1.165) is 11.6 Å². The lowest BCUT2D eigenvalue weighted by atomic mass is 9.94. The molecule has 0 saturated heterocycles. The quantitative estimate of drug-likeness (QED) is 0.870. The maximum absolute atomic E-state index is 9.24. The van der Waals surface area contributed by atoms with Crippen LogP contribution in [-0.2, 0) is 0 Å². The summed E-state index contributed by atoms with van der Waals surface area (Å²) < 4.78 is 5.12. The van der Waals surface area contributed by atoms with Gasteiger partial charge < -0.3 is 14.7 Å². The third-order valence-corrected chi connectivity index (χ3v) is 3.61. The molecule has 0 bridgehead atoms. The van der Waals surface area contributed by atoms with E-state index in [2.05, 4.69) is 9.88 Å². The van der Waals surface area contributed by atoms with E-state index in [1.807, 2.05) is 12.1 Å². The van der Waals surface area contributed by atoms with Gasteiger partial charge in [0.25, 0.3) is 0 Å². The van der Waals surface area contributed by atoms with Gasteiger partial charge in [-0.1, -0.05) is 19.3 Å². The molecule has 100 valence electrons. The van der Waals surface area contributed by atoms with Gasteiger partial charge in [0.2, 0.25) is 0 Å². The number of ether oxygens (including phenoxy) is 1. The predicted octanol–water partition coefficient (Wildman–Crippen LogP) is 2.22.